The first-order valence-electron chi connectivity index (χ1n) is 6.58. The van der Waals surface area contributed by atoms with Crippen LogP contribution in [-0.4, -0.2) is 9.97 Å². The second-order valence-electron chi connectivity index (χ2n) is 4.75. The SMILES string of the molecule is Cc1cc(Nc2ncccc2C#N)nc2c1=CCCC=2.[HH]. The Bertz CT molecular complexity index is 821. The maximum absolute atomic E-state index is 9.08. The lowest BCUT2D eigenvalue weighted by Crippen LogP contribution is -2.32. The van der Waals surface area contributed by atoms with Crippen LogP contribution in [-0.2, 0) is 0 Å². The predicted molar refractivity (Wildman–Crippen MR) is 80.7 cm³/mol. The Morgan fingerprint density at radius 1 is 1.35 bits per heavy atom. The number of rotatable bonds is 2. The first kappa shape index (κ1) is 12.4. The van der Waals surface area contributed by atoms with Gasteiger partial charge in [-0.3, -0.25) is 0 Å². The smallest absolute Gasteiger partial charge is 0.149 e. The van der Waals surface area contributed by atoms with Crippen LogP contribution in [0.3, 0.4) is 0 Å². The number of hydrogen-bond acceptors (Lipinski definition) is 4. The minimum atomic E-state index is 0. The Hall–Kier alpha value is -2.67. The van der Waals surface area contributed by atoms with Gasteiger partial charge in [-0.2, -0.15) is 5.26 Å². The first-order chi connectivity index (χ1) is 9.78. The van der Waals surface area contributed by atoms with Crippen molar-refractivity contribution >= 4 is 23.8 Å². The summed E-state index contributed by atoms with van der Waals surface area (Å²) in [5.41, 5.74) is 1.70. The fraction of sp³-hybridized carbons (Fsp3) is 0.188. The molecule has 4 heteroatoms. The van der Waals surface area contributed by atoms with Crippen molar-refractivity contribution < 1.29 is 1.43 Å². The molecule has 0 aliphatic heterocycles. The molecule has 0 aromatic carbocycles. The number of aromatic nitrogens is 2. The molecule has 1 aliphatic rings. The number of nitriles is 1. The van der Waals surface area contributed by atoms with Gasteiger partial charge in [-0.1, -0.05) is 12.2 Å². The summed E-state index contributed by atoms with van der Waals surface area (Å²) in [5, 5.41) is 14.4. The Labute approximate surface area is 118 Å². The van der Waals surface area contributed by atoms with Crippen molar-refractivity contribution in [2.75, 3.05) is 5.32 Å². The lowest BCUT2D eigenvalue weighted by atomic mass is 10.1. The van der Waals surface area contributed by atoms with E-state index in [0.29, 0.717) is 11.4 Å². The van der Waals surface area contributed by atoms with Gasteiger partial charge in [0.1, 0.15) is 17.7 Å². The summed E-state index contributed by atoms with van der Waals surface area (Å²) in [7, 11) is 0. The molecule has 0 saturated heterocycles. The molecule has 0 amide bonds. The van der Waals surface area contributed by atoms with Crippen LogP contribution < -0.4 is 15.9 Å². The minimum Gasteiger partial charge on any atom is -0.324 e. The Morgan fingerprint density at radius 3 is 3.05 bits per heavy atom. The van der Waals surface area contributed by atoms with Gasteiger partial charge >= 0.3 is 0 Å². The van der Waals surface area contributed by atoms with Crippen LogP contribution >= 0.6 is 0 Å². The van der Waals surface area contributed by atoms with Gasteiger partial charge in [0.2, 0.25) is 0 Å². The average molecular weight is 264 g/mol. The van der Waals surface area contributed by atoms with E-state index in [0.717, 1.165) is 24.0 Å². The number of anilines is 2. The highest BCUT2D eigenvalue weighted by Crippen LogP contribution is 2.15. The maximum atomic E-state index is 9.08. The van der Waals surface area contributed by atoms with Crippen LogP contribution in [0, 0.1) is 18.3 Å². The number of hydrogen-bond donors (Lipinski definition) is 1. The van der Waals surface area contributed by atoms with Crippen LogP contribution in [0.25, 0.3) is 12.2 Å². The molecule has 4 nitrogen and oxygen atoms in total. The van der Waals surface area contributed by atoms with Gasteiger partial charge in [0.25, 0.3) is 0 Å². The molecule has 100 valence electrons. The maximum Gasteiger partial charge on any atom is 0.149 e. The lowest BCUT2D eigenvalue weighted by molar-refractivity contribution is 1.06. The molecule has 2 aromatic rings. The van der Waals surface area contributed by atoms with E-state index < -0.39 is 0 Å². The first-order valence-corrected chi connectivity index (χ1v) is 6.58. The summed E-state index contributed by atoms with van der Waals surface area (Å²) in [6, 6.07) is 7.60. The summed E-state index contributed by atoms with van der Waals surface area (Å²) in [6.07, 6.45) is 8.13. The van der Waals surface area contributed by atoms with Crippen molar-refractivity contribution in [3.63, 3.8) is 0 Å². The second kappa shape index (κ2) is 5.14. The number of nitrogens with one attached hydrogen (secondary N) is 1. The highest BCUT2D eigenvalue weighted by molar-refractivity contribution is 5.60. The largest absolute Gasteiger partial charge is 0.324 e. The Kier molecular flexibility index (Phi) is 3.18. The van der Waals surface area contributed by atoms with Gasteiger partial charge < -0.3 is 5.32 Å². The lowest BCUT2D eigenvalue weighted by Gasteiger charge is -2.09. The van der Waals surface area contributed by atoms with Crippen molar-refractivity contribution in [1.29, 1.82) is 5.26 Å². The topological polar surface area (TPSA) is 61.6 Å². The van der Waals surface area contributed by atoms with Crippen LogP contribution in [0.15, 0.2) is 24.4 Å². The summed E-state index contributed by atoms with van der Waals surface area (Å²) in [5.74, 6) is 1.27. The molecule has 0 bridgehead atoms. The molecule has 0 saturated carbocycles. The molecule has 1 N–H and O–H groups in total. The third-order valence-electron chi connectivity index (χ3n) is 3.32. The molecule has 0 fully saturated rings. The molecule has 1 aliphatic carbocycles. The third-order valence-corrected chi connectivity index (χ3v) is 3.32. The standard InChI is InChI=1S/C16H14N4.H2/c1-11-9-15(19-14-7-3-2-6-13(11)14)20-16-12(10-17)5-4-8-18-16;/h4-9H,2-3H2,1H3,(H,18,19,20);1H. The van der Waals surface area contributed by atoms with E-state index in [1.807, 2.05) is 6.07 Å². The molecule has 2 heterocycles. The fourth-order valence-electron chi connectivity index (χ4n) is 2.36. The Balaban J connectivity index is 0.00000161. The zero-order valence-electron chi connectivity index (χ0n) is 11.2. The van der Waals surface area contributed by atoms with Gasteiger partial charge in [0, 0.05) is 7.62 Å². The van der Waals surface area contributed by atoms with Gasteiger partial charge in [-0.05, 0) is 48.7 Å². The van der Waals surface area contributed by atoms with E-state index in [-0.39, 0.29) is 1.43 Å². The van der Waals surface area contributed by atoms with E-state index in [1.165, 1.54) is 10.8 Å². The molecule has 0 unspecified atom stereocenters. The van der Waals surface area contributed by atoms with E-state index in [9.17, 15) is 0 Å². The molecule has 0 radical (unpaired) electrons. The normalized spacial score (nSPS) is 12.6. The predicted octanol–water partition coefficient (Wildman–Crippen LogP) is 2.00. The van der Waals surface area contributed by atoms with Gasteiger partial charge in [-0.15, -0.1) is 0 Å². The zero-order valence-corrected chi connectivity index (χ0v) is 11.2. The van der Waals surface area contributed by atoms with Crippen molar-refractivity contribution in [2.24, 2.45) is 0 Å². The zero-order chi connectivity index (χ0) is 13.9. The Morgan fingerprint density at radius 2 is 2.20 bits per heavy atom. The van der Waals surface area contributed by atoms with Crippen LogP contribution in [0.5, 0.6) is 0 Å². The van der Waals surface area contributed by atoms with Crippen LogP contribution in [0.2, 0.25) is 0 Å². The minimum absolute atomic E-state index is 0. The molecule has 3 rings (SSSR count). The van der Waals surface area contributed by atoms with Crippen molar-refractivity contribution in [3.8, 4) is 6.07 Å². The molecular formula is C16H16N4. The van der Waals surface area contributed by atoms with Crippen molar-refractivity contribution in [3.05, 3.63) is 46.1 Å². The summed E-state index contributed by atoms with van der Waals surface area (Å²) in [4.78, 5) is 8.79. The number of nitrogens with zero attached hydrogens (tertiary/aromatic N) is 3. The molecule has 20 heavy (non-hydrogen) atoms. The van der Waals surface area contributed by atoms with E-state index in [1.54, 1.807) is 18.3 Å². The van der Waals surface area contributed by atoms with Crippen molar-refractivity contribution in [2.45, 2.75) is 19.8 Å². The quantitative estimate of drug-likeness (QED) is 0.901. The number of fused-ring (bicyclic) bond motifs is 1. The molecule has 0 spiro atoms. The van der Waals surface area contributed by atoms with Gasteiger partial charge in [0.05, 0.1) is 10.9 Å². The van der Waals surface area contributed by atoms with Crippen molar-refractivity contribution in [1.82, 2.24) is 9.97 Å². The second-order valence-corrected chi connectivity index (χ2v) is 4.75. The average Bonchev–Trinajstić information content (AvgIpc) is 2.48. The number of pyridine rings is 2. The monoisotopic (exact) mass is 264 g/mol. The highest BCUT2D eigenvalue weighted by Gasteiger charge is 2.06. The van der Waals surface area contributed by atoms with Crippen LogP contribution in [0.4, 0.5) is 11.6 Å². The third kappa shape index (κ3) is 2.26. The summed E-state index contributed by atoms with van der Waals surface area (Å²) >= 11 is 0. The number of aryl methyl sites for hydroxylation is 1. The van der Waals surface area contributed by atoms with Crippen LogP contribution in [0.1, 0.15) is 25.4 Å². The highest BCUT2D eigenvalue weighted by atomic mass is 15.1. The van der Waals surface area contributed by atoms with Gasteiger partial charge in [-0.25, -0.2) is 9.97 Å². The van der Waals surface area contributed by atoms with E-state index >= 15 is 0 Å². The summed E-state index contributed by atoms with van der Waals surface area (Å²) in [6.45, 7) is 2.07. The van der Waals surface area contributed by atoms with E-state index in [4.69, 9.17) is 5.26 Å². The van der Waals surface area contributed by atoms with E-state index in [2.05, 4.69) is 40.4 Å². The molecule has 0 atom stereocenters. The molecule has 2 aromatic heterocycles. The van der Waals surface area contributed by atoms with Gasteiger partial charge in [0.15, 0.2) is 0 Å². The fourth-order valence-corrected chi connectivity index (χ4v) is 2.36. The summed E-state index contributed by atoms with van der Waals surface area (Å²) < 4.78 is 0. The molecular weight excluding hydrogens is 248 g/mol.